The number of carbonyl (C=O) groups is 1. The Kier molecular flexibility index (Phi) is 5.03. The normalized spacial score (nSPS) is 10.2. The fourth-order valence-corrected chi connectivity index (χ4v) is 2.13. The fraction of sp³-hybridized carbons (Fsp3) is 0.0556. The Morgan fingerprint density at radius 3 is 2.33 bits per heavy atom. The van der Waals surface area contributed by atoms with Gasteiger partial charge in [-0.1, -0.05) is 29.8 Å². The number of amides is 1. The van der Waals surface area contributed by atoms with Gasteiger partial charge in [0.15, 0.2) is 12.4 Å². The third kappa shape index (κ3) is 4.30. The van der Waals surface area contributed by atoms with Crippen molar-refractivity contribution in [3.8, 4) is 17.1 Å². The van der Waals surface area contributed by atoms with E-state index < -0.39 is 0 Å². The Labute approximate surface area is 144 Å². The van der Waals surface area contributed by atoms with Crippen molar-refractivity contribution in [1.82, 2.24) is 9.97 Å². The number of hydrogen-bond acceptors (Lipinski definition) is 4. The van der Waals surface area contributed by atoms with E-state index >= 15 is 0 Å². The number of aromatic nitrogens is 2. The SMILES string of the molecule is O=C(COc1ccccc1)Nc1cnc(-c2ccc(Cl)cc2)nc1. The number of ether oxygens (including phenoxy) is 1. The number of anilines is 1. The molecule has 0 unspecified atom stereocenters. The molecule has 6 heteroatoms. The minimum Gasteiger partial charge on any atom is -0.484 e. The molecule has 120 valence electrons. The summed E-state index contributed by atoms with van der Waals surface area (Å²) in [7, 11) is 0. The topological polar surface area (TPSA) is 64.1 Å². The van der Waals surface area contributed by atoms with Gasteiger partial charge in [0.25, 0.3) is 5.91 Å². The lowest BCUT2D eigenvalue weighted by Crippen LogP contribution is -2.20. The number of nitrogens with zero attached hydrogens (tertiary/aromatic N) is 2. The molecule has 5 nitrogen and oxygen atoms in total. The van der Waals surface area contributed by atoms with Crippen LogP contribution in [0.3, 0.4) is 0 Å². The zero-order valence-corrected chi connectivity index (χ0v) is 13.4. The standard InChI is InChI=1S/C18H14ClN3O2/c19-14-8-6-13(7-9-14)18-20-10-15(11-21-18)22-17(23)12-24-16-4-2-1-3-5-16/h1-11H,12H2,(H,22,23). The van der Waals surface area contributed by atoms with Crippen LogP contribution in [0.4, 0.5) is 5.69 Å². The molecular formula is C18H14ClN3O2. The number of halogens is 1. The van der Waals surface area contributed by atoms with E-state index in [0.717, 1.165) is 5.56 Å². The van der Waals surface area contributed by atoms with Crippen LogP contribution in [0, 0.1) is 0 Å². The molecule has 0 saturated heterocycles. The first-order valence-corrected chi connectivity index (χ1v) is 7.64. The van der Waals surface area contributed by atoms with Crippen LogP contribution in [0.5, 0.6) is 5.75 Å². The molecule has 0 saturated carbocycles. The monoisotopic (exact) mass is 339 g/mol. The smallest absolute Gasteiger partial charge is 0.262 e. The second kappa shape index (κ2) is 7.57. The molecule has 1 heterocycles. The maximum Gasteiger partial charge on any atom is 0.262 e. The van der Waals surface area contributed by atoms with Gasteiger partial charge < -0.3 is 10.1 Å². The van der Waals surface area contributed by atoms with E-state index in [1.807, 2.05) is 30.3 Å². The predicted molar refractivity (Wildman–Crippen MR) is 93.0 cm³/mol. The maximum absolute atomic E-state index is 11.9. The first kappa shape index (κ1) is 16.0. The molecule has 0 fully saturated rings. The Balaban J connectivity index is 1.57. The van der Waals surface area contributed by atoms with E-state index in [1.54, 1.807) is 36.7 Å². The summed E-state index contributed by atoms with van der Waals surface area (Å²) >= 11 is 5.86. The second-order valence-electron chi connectivity index (χ2n) is 4.95. The van der Waals surface area contributed by atoms with Crippen molar-refractivity contribution in [2.24, 2.45) is 0 Å². The van der Waals surface area contributed by atoms with Gasteiger partial charge in [0.2, 0.25) is 0 Å². The van der Waals surface area contributed by atoms with Crippen molar-refractivity contribution in [3.05, 3.63) is 72.0 Å². The van der Waals surface area contributed by atoms with E-state index in [4.69, 9.17) is 16.3 Å². The molecule has 0 spiro atoms. The average Bonchev–Trinajstić information content (AvgIpc) is 2.62. The van der Waals surface area contributed by atoms with Crippen LogP contribution in [-0.4, -0.2) is 22.5 Å². The number of rotatable bonds is 5. The fourth-order valence-electron chi connectivity index (χ4n) is 2.00. The lowest BCUT2D eigenvalue weighted by Gasteiger charge is -2.07. The third-order valence-corrected chi connectivity index (χ3v) is 3.40. The predicted octanol–water partition coefficient (Wildman–Crippen LogP) is 3.81. The summed E-state index contributed by atoms with van der Waals surface area (Å²) in [6, 6.07) is 16.4. The maximum atomic E-state index is 11.9. The summed E-state index contributed by atoms with van der Waals surface area (Å²) < 4.78 is 5.38. The van der Waals surface area contributed by atoms with E-state index in [-0.39, 0.29) is 12.5 Å². The van der Waals surface area contributed by atoms with Gasteiger partial charge in [-0.05, 0) is 36.4 Å². The molecule has 0 atom stereocenters. The number of benzene rings is 2. The van der Waals surface area contributed by atoms with Gasteiger partial charge in [-0.15, -0.1) is 0 Å². The van der Waals surface area contributed by atoms with Crippen LogP contribution in [-0.2, 0) is 4.79 Å². The van der Waals surface area contributed by atoms with Gasteiger partial charge in [0.05, 0.1) is 18.1 Å². The zero-order valence-electron chi connectivity index (χ0n) is 12.6. The highest BCUT2D eigenvalue weighted by Gasteiger charge is 2.06. The first-order valence-electron chi connectivity index (χ1n) is 7.26. The molecule has 24 heavy (non-hydrogen) atoms. The zero-order chi connectivity index (χ0) is 16.8. The minimum atomic E-state index is -0.276. The molecule has 3 aromatic rings. The van der Waals surface area contributed by atoms with Crippen molar-refractivity contribution in [1.29, 1.82) is 0 Å². The van der Waals surface area contributed by atoms with Crippen molar-refractivity contribution in [2.75, 3.05) is 11.9 Å². The summed E-state index contributed by atoms with van der Waals surface area (Å²) in [5.74, 6) is 0.925. The minimum absolute atomic E-state index is 0.0804. The van der Waals surface area contributed by atoms with E-state index in [9.17, 15) is 4.79 Å². The molecule has 1 N–H and O–H groups in total. The number of para-hydroxylation sites is 1. The molecule has 0 aliphatic heterocycles. The Bertz CT molecular complexity index is 806. The molecule has 0 bridgehead atoms. The van der Waals surface area contributed by atoms with Crippen LogP contribution in [0.25, 0.3) is 11.4 Å². The van der Waals surface area contributed by atoms with Gasteiger partial charge in [0.1, 0.15) is 5.75 Å². The van der Waals surface area contributed by atoms with Gasteiger partial charge in [-0.2, -0.15) is 0 Å². The van der Waals surface area contributed by atoms with Crippen LogP contribution >= 0.6 is 11.6 Å². The van der Waals surface area contributed by atoms with Crippen molar-refractivity contribution in [3.63, 3.8) is 0 Å². The van der Waals surface area contributed by atoms with Gasteiger partial charge in [-0.25, -0.2) is 9.97 Å². The van der Waals surface area contributed by atoms with E-state index in [2.05, 4.69) is 15.3 Å². The lowest BCUT2D eigenvalue weighted by molar-refractivity contribution is -0.118. The van der Waals surface area contributed by atoms with Gasteiger partial charge in [0, 0.05) is 10.6 Å². The number of hydrogen-bond donors (Lipinski definition) is 1. The molecular weight excluding hydrogens is 326 g/mol. The first-order chi connectivity index (χ1) is 11.7. The summed E-state index contributed by atoms with van der Waals surface area (Å²) in [5, 5.41) is 3.34. The molecule has 0 aliphatic carbocycles. The highest BCUT2D eigenvalue weighted by Crippen LogP contribution is 2.18. The summed E-state index contributed by atoms with van der Waals surface area (Å²) in [5.41, 5.74) is 1.36. The van der Waals surface area contributed by atoms with Crippen LogP contribution in [0.2, 0.25) is 5.02 Å². The second-order valence-corrected chi connectivity index (χ2v) is 5.39. The van der Waals surface area contributed by atoms with E-state index in [0.29, 0.717) is 22.3 Å². The Morgan fingerprint density at radius 2 is 1.67 bits per heavy atom. The van der Waals surface area contributed by atoms with E-state index in [1.165, 1.54) is 0 Å². The summed E-state index contributed by atoms with van der Waals surface area (Å²) in [4.78, 5) is 20.4. The highest BCUT2D eigenvalue weighted by atomic mass is 35.5. The van der Waals surface area contributed by atoms with Crippen molar-refractivity contribution < 1.29 is 9.53 Å². The van der Waals surface area contributed by atoms with Crippen molar-refractivity contribution in [2.45, 2.75) is 0 Å². The quantitative estimate of drug-likeness (QED) is 0.767. The third-order valence-electron chi connectivity index (χ3n) is 3.15. The lowest BCUT2D eigenvalue weighted by atomic mass is 10.2. The van der Waals surface area contributed by atoms with Crippen molar-refractivity contribution >= 4 is 23.2 Å². The van der Waals surface area contributed by atoms with Gasteiger partial charge in [-0.3, -0.25) is 4.79 Å². The average molecular weight is 340 g/mol. The largest absolute Gasteiger partial charge is 0.484 e. The van der Waals surface area contributed by atoms with Gasteiger partial charge >= 0.3 is 0 Å². The van der Waals surface area contributed by atoms with Crippen LogP contribution in [0.15, 0.2) is 67.0 Å². The summed E-state index contributed by atoms with van der Waals surface area (Å²) in [6.45, 7) is -0.0804. The molecule has 0 aliphatic rings. The number of nitrogens with one attached hydrogen (secondary N) is 1. The van der Waals surface area contributed by atoms with Crippen LogP contribution in [0.1, 0.15) is 0 Å². The molecule has 0 radical (unpaired) electrons. The molecule has 1 amide bonds. The molecule has 3 rings (SSSR count). The Hall–Kier alpha value is -2.92. The highest BCUT2D eigenvalue weighted by molar-refractivity contribution is 6.30. The van der Waals surface area contributed by atoms with Crippen LogP contribution < -0.4 is 10.1 Å². The Morgan fingerprint density at radius 1 is 1.00 bits per heavy atom. The molecule has 1 aromatic heterocycles. The summed E-state index contributed by atoms with van der Waals surface area (Å²) in [6.07, 6.45) is 3.11. The molecule has 2 aromatic carbocycles. The number of carbonyl (C=O) groups excluding carboxylic acids is 1.